The molecular formula is C15H21NO2S. The molecule has 1 heterocycles. The van der Waals surface area contributed by atoms with E-state index < -0.39 is 11.5 Å². The highest BCUT2D eigenvalue weighted by molar-refractivity contribution is 8.00. The highest BCUT2D eigenvalue weighted by Crippen LogP contribution is 2.36. The first-order valence-electron chi connectivity index (χ1n) is 6.84. The number of carboxylic acid groups (broad SMARTS) is 1. The predicted octanol–water partition coefficient (Wildman–Crippen LogP) is 2.94. The van der Waals surface area contributed by atoms with Crippen LogP contribution in [0.15, 0.2) is 29.2 Å². The number of thioether (sulfide) groups is 1. The van der Waals surface area contributed by atoms with Crippen LogP contribution in [0.25, 0.3) is 0 Å². The van der Waals surface area contributed by atoms with Gasteiger partial charge in [0, 0.05) is 16.7 Å². The number of fused-ring (bicyclic) bond motifs is 1. The highest BCUT2D eigenvalue weighted by atomic mass is 32.2. The molecule has 0 spiro atoms. The monoisotopic (exact) mass is 279 g/mol. The van der Waals surface area contributed by atoms with Crippen LogP contribution in [0, 0.1) is 0 Å². The smallest absolute Gasteiger partial charge is 0.323 e. The summed E-state index contributed by atoms with van der Waals surface area (Å²) in [6.45, 7) is 4.61. The highest BCUT2D eigenvalue weighted by Gasteiger charge is 2.35. The number of aliphatic carboxylic acids is 1. The summed E-state index contributed by atoms with van der Waals surface area (Å²) in [4.78, 5) is 12.8. The molecule has 4 heteroatoms. The fourth-order valence-electron chi connectivity index (χ4n) is 2.56. The minimum atomic E-state index is -0.769. The van der Waals surface area contributed by atoms with E-state index in [9.17, 15) is 9.90 Å². The van der Waals surface area contributed by atoms with Gasteiger partial charge in [-0.1, -0.05) is 32.0 Å². The second kappa shape index (κ2) is 5.97. The van der Waals surface area contributed by atoms with Crippen molar-refractivity contribution < 1.29 is 9.90 Å². The van der Waals surface area contributed by atoms with E-state index >= 15 is 0 Å². The van der Waals surface area contributed by atoms with Crippen molar-refractivity contribution >= 4 is 17.7 Å². The Morgan fingerprint density at radius 3 is 2.68 bits per heavy atom. The van der Waals surface area contributed by atoms with Crippen LogP contribution in [-0.4, -0.2) is 28.4 Å². The topological polar surface area (TPSA) is 49.3 Å². The SMILES string of the molecule is CCC(CC)(NCC1Cc2ccccc2S1)C(=O)O. The van der Waals surface area contributed by atoms with Crippen molar-refractivity contribution in [1.29, 1.82) is 0 Å². The summed E-state index contributed by atoms with van der Waals surface area (Å²) in [6, 6.07) is 8.42. The van der Waals surface area contributed by atoms with E-state index in [1.54, 1.807) is 0 Å². The van der Waals surface area contributed by atoms with Crippen molar-refractivity contribution in [1.82, 2.24) is 5.32 Å². The van der Waals surface area contributed by atoms with Crippen LogP contribution in [0.4, 0.5) is 0 Å². The minimum Gasteiger partial charge on any atom is -0.480 e. The van der Waals surface area contributed by atoms with Crippen molar-refractivity contribution in [3.05, 3.63) is 29.8 Å². The van der Waals surface area contributed by atoms with E-state index in [-0.39, 0.29) is 0 Å². The minimum absolute atomic E-state index is 0.439. The Morgan fingerprint density at radius 1 is 1.42 bits per heavy atom. The molecule has 0 aliphatic carbocycles. The molecule has 1 aliphatic rings. The van der Waals surface area contributed by atoms with Gasteiger partial charge in [0.15, 0.2) is 0 Å². The lowest BCUT2D eigenvalue weighted by Gasteiger charge is -2.29. The van der Waals surface area contributed by atoms with E-state index in [0.29, 0.717) is 18.1 Å². The molecule has 0 saturated carbocycles. The van der Waals surface area contributed by atoms with Crippen LogP contribution in [-0.2, 0) is 11.2 Å². The Kier molecular flexibility index (Phi) is 4.53. The first-order valence-corrected chi connectivity index (χ1v) is 7.72. The van der Waals surface area contributed by atoms with E-state index in [1.807, 2.05) is 25.6 Å². The predicted molar refractivity (Wildman–Crippen MR) is 78.7 cm³/mol. The Morgan fingerprint density at radius 2 is 2.11 bits per heavy atom. The molecule has 1 aliphatic heterocycles. The molecule has 2 rings (SSSR count). The maximum absolute atomic E-state index is 11.4. The molecule has 0 fully saturated rings. The Bertz CT molecular complexity index is 432. The van der Waals surface area contributed by atoms with Crippen LogP contribution in [0.5, 0.6) is 0 Å². The molecule has 1 atom stereocenters. The molecule has 104 valence electrons. The van der Waals surface area contributed by atoms with Crippen LogP contribution in [0.1, 0.15) is 32.3 Å². The third-order valence-corrected chi connectivity index (χ3v) is 5.32. The van der Waals surface area contributed by atoms with Crippen LogP contribution in [0.2, 0.25) is 0 Å². The molecule has 0 amide bonds. The molecule has 3 nitrogen and oxygen atoms in total. The van der Waals surface area contributed by atoms with Gasteiger partial charge in [-0.15, -0.1) is 11.8 Å². The first kappa shape index (κ1) is 14.4. The number of benzene rings is 1. The van der Waals surface area contributed by atoms with Crippen molar-refractivity contribution in [3.8, 4) is 0 Å². The molecule has 0 aromatic heterocycles. The standard InChI is InChI=1S/C15H21NO2S/c1-3-15(4-2,14(17)18)16-10-12-9-11-7-5-6-8-13(11)19-12/h5-8,12,16H,3-4,9-10H2,1-2H3,(H,17,18). The summed E-state index contributed by atoms with van der Waals surface area (Å²) in [5, 5.41) is 13.1. The normalized spacial score (nSPS) is 18.3. The van der Waals surface area contributed by atoms with E-state index in [0.717, 1.165) is 13.0 Å². The average molecular weight is 279 g/mol. The van der Waals surface area contributed by atoms with Crippen LogP contribution >= 0.6 is 11.8 Å². The van der Waals surface area contributed by atoms with Gasteiger partial charge in [-0.05, 0) is 30.9 Å². The first-order chi connectivity index (χ1) is 9.11. The van der Waals surface area contributed by atoms with Crippen molar-refractivity contribution in [2.75, 3.05) is 6.54 Å². The summed E-state index contributed by atoms with van der Waals surface area (Å²) >= 11 is 1.85. The van der Waals surface area contributed by atoms with E-state index in [1.165, 1.54) is 10.5 Å². The molecule has 1 aromatic carbocycles. The molecule has 0 bridgehead atoms. The lowest BCUT2D eigenvalue weighted by Crippen LogP contribution is -2.53. The van der Waals surface area contributed by atoms with Crippen LogP contribution < -0.4 is 5.32 Å². The fraction of sp³-hybridized carbons (Fsp3) is 0.533. The zero-order valence-electron chi connectivity index (χ0n) is 11.5. The third-order valence-electron chi connectivity index (χ3n) is 4.00. The summed E-state index contributed by atoms with van der Waals surface area (Å²) < 4.78 is 0. The summed E-state index contributed by atoms with van der Waals surface area (Å²) in [5.41, 5.74) is 0.614. The number of nitrogens with one attached hydrogen (secondary N) is 1. The average Bonchev–Trinajstić information content (AvgIpc) is 2.83. The van der Waals surface area contributed by atoms with Gasteiger partial charge in [-0.2, -0.15) is 0 Å². The third kappa shape index (κ3) is 2.95. The number of hydrogen-bond acceptors (Lipinski definition) is 3. The molecular weight excluding hydrogens is 258 g/mol. The lowest BCUT2D eigenvalue weighted by atomic mass is 9.92. The molecule has 2 N–H and O–H groups in total. The van der Waals surface area contributed by atoms with Gasteiger partial charge in [-0.3, -0.25) is 4.79 Å². The zero-order valence-corrected chi connectivity index (χ0v) is 12.3. The van der Waals surface area contributed by atoms with E-state index in [2.05, 4.69) is 29.6 Å². The number of hydrogen-bond donors (Lipinski definition) is 2. The largest absolute Gasteiger partial charge is 0.480 e. The maximum Gasteiger partial charge on any atom is 0.323 e. The van der Waals surface area contributed by atoms with Crippen LogP contribution in [0.3, 0.4) is 0 Å². The molecule has 1 aromatic rings. The van der Waals surface area contributed by atoms with Crippen molar-refractivity contribution in [2.24, 2.45) is 0 Å². The molecule has 0 radical (unpaired) electrons. The van der Waals surface area contributed by atoms with Gasteiger partial charge in [0.05, 0.1) is 0 Å². The summed E-state index contributed by atoms with van der Waals surface area (Å²) in [7, 11) is 0. The second-order valence-corrected chi connectivity index (χ2v) is 6.37. The molecule has 1 unspecified atom stereocenters. The van der Waals surface area contributed by atoms with Gasteiger partial charge in [0.25, 0.3) is 0 Å². The maximum atomic E-state index is 11.4. The van der Waals surface area contributed by atoms with E-state index in [4.69, 9.17) is 0 Å². The number of rotatable bonds is 6. The van der Waals surface area contributed by atoms with Gasteiger partial charge in [-0.25, -0.2) is 0 Å². The second-order valence-electron chi connectivity index (χ2n) is 5.03. The Labute approximate surface area is 118 Å². The zero-order chi connectivity index (χ0) is 13.9. The lowest BCUT2D eigenvalue weighted by molar-refractivity contribution is -0.145. The Hall–Kier alpha value is -1.00. The van der Waals surface area contributed by atoms with Gasteiger partial charge >= 0.3 is 5.97 Å². The van der Waals surface area contributed by atoms with Gasteiger partial charge in [0.1, 0.15) is 5.54 Å². The van der Waals surface area contributed by atoms with Gasteiger partial charge < -0.3 is 10.4 Å². The molecule has 0 saturated heterocycles. The fourth-order valence-corrected chi connectivity index (χ4v) is 3.80. The van der Waals surface area contributed by atoms with Crippen molar-refractivity contribution in [3.63, 3.8) is 0 Å². The summed E-state index contributed by atoms with van der Waals surface area (Å²) in [5.74, 6) is -0.738. The molecule has 19 heavy (non-hydrogen) atoms. The quantitative estimate of drug-likeness (QED) is 0.840. The number of carboxylic acids is 1. The van der Waals surface area contributed by atoms with Gasteiger partial charge in [0.2, 0.25) is 0 Å². The summed E-state index contributed by atoms with van der Waals surface area (Å²) in [6.07, 6.45) is 2.25. The Balaban J connectivity index is 1.96. The number of carbonyl (C=O) groups is 1. The van der Waals surface area contributed by atoms with Crippen molar-refractivity contribution in [2.45, 2.75) is 48.8 Å².